The lowest BCUT2D eigenvalue weighted by atomic mass is 10.4. The van der Waals surface area contributed by atoms with Crippen molar-refractivity contribution >= 4 is 0 Å². The summed E-state index contributed by atoms with van der Waals surface area (Å²) in [5.74, 6) is -5.05. The van der Waals surface area contributed by atoms with Crippen molar-refractivity contribution in [3.05, 3.63) is 24.1 Å². The molecule has 0 spiro atoms. The molecule has 0 aromatic heterocycles. The smallest absolute Gasteiger partial charge is 0.251 e. The highest BCUT2D eigenvalue weighted by Gasteiger charge is 2.18. The molecule has 0 aliphatic rings. The first-order chi connectivity index (χ1) is 7.10. The molecule has 0 saturated heterocycles. The summed E-state index contributed by atoms with van der Waals surface area (Å²) < 4.78 is 89.0. The van der Waals surface area contributed by atoms with Crippen LogP contribution in [0, 0.1) is 0 Å². The van der Waals surface area contributed by atoms with Crippen LogP contribution in [0.2, 0.25) is 0 Å². The Morgan fingerprint density at radius 1 is 1.06 bits per heavy atom. The van der Waals surface area contributed by atoms with Crippen LogP contribution in [-0.4, -0.2) is 12.6 Å². The van der Waals surface area contributed by atoms with Gasteiger partial charge in [-0.15, -0.1) is 0 Å². The molecule has 0 saturated carbocycles. The summed E-state index contributed by atoms with van der Waals surface area (Å²) >= 11 is 0. The molecule has 8 heteroatoms. The lowest BCUT2D eigenvalue weighted by Gasteiger charge is -1.98. The zero-order valence-electron chi connectivity index (χ0n) is 8.02. The van der Waals surface area contributed by atoms with Gasteiger partial charge in [-0.05, 0) is 0 Å². The molecule has 0 rings (SSSR count). The quantitative estimate of drug-likeness (QED) is 0.633. The topological polar surface area (TPSA) is 0 Å². The highest BCUT2D eigenvalue weighted by molar-refractivity contribution is 4.91. The van der Waals surface area contributed by atoms with Crippen molar-refractivity contribution in [1.82, 2.24) is 0 Å². The second-order valence-electron chi connectivity index (χ2n) is 2.49. The van der Waals surface area contributed by atoms with E-state index in [9.17, 15) is 35.1 Å². The first-order valence-corrected chi connectivity index (χ1v) is 3.77. The maximum Gasteiger partial charge on any atom is 0.301 e. The summed E-state index contributed by atoms with van der Waals surface area (Å²) in [5, 5.41) is 0. The third-order valence-corrected chi connectivity index (χ3v) is 0.882. The molecule has 0 aliphatic heterocycles. The second-order valence-corrected chi connectivity index (χ2v) is 2.49. The van der Waals surface area contributed by atoms with Crippen molar-refractivity contribution in [2.45, 2.75) is 19.3 Å². The summed E-state index contributed by atoms with van der Waals surface area (Å²) in [4.78, 5) is 0. The minimum absolute atomic E-state index is 0.395. The van der Waals surface area contributed by atoms with Gasteiger partial charge in [0.05, 0.1) is 6.67 Å². The molecule has 0 amide bonds. The standard InChI is InChI=1S/2C4H4F4/c1-4(7,8)2-3(5)6;5-2-1-3(6)4(7)8/h2H,1H3;1-2H2. The van der Waals surface area contributed by atoms with E-state index in [0.29, 0.717) is 6.92 Å². The highest BCUT2D eigenvalue weighted by atomic mass is 19.3. The van der Waals surface area contributed by atoms with E-state index in [0.717, 1.165) is 0 Å². The van der Waals surface area contributed by atoms with Crippen LogP contribution in [0.4, 0.5) is 35.1 Å². The van der Waals surface area contributed by atoms with E-state index in [4.69, 9.17) is 0 Å². The van der Waals surface area contributed by atoms with Gasteiger partial charge in [-0.25, -0.2) is 13.2 Å². The zero-order chi connectivity index (χ0) is 13.4. The fourth-order valence-corrected chi connectivity index (χ4v) is 0.369. The molecule has 0 fully saturated rings. The molecule has 0 radical (unpaired) electrons. The van der Waals surface area contributed by atoms with Crippen molar-refractivity contribution in [2.24, 2.45) is 0 Å². The van der Waals surface area contributed by atoms with Crippen LogP contribution in [0.3, 0.4) is 0 Å². The Bertz CT molecular complexity index is 241. The molecule has 0 aromatic carbocycles. The lowest BCUT2D eigenvalue weighted by molar-refractivity contribution is 0.0724. The Kier molecular flexibility index (Phi) is 8.79. The first kappa shape index (κ1) is 17.3. The molecular weight excluding hydrogens is 248 g/mol. The Morgan fingerprint density at radius 3 is 1.56 bits per heavy atom. The van der Waals surface area contributed by atoms with Gasteiger partial charge in [0.1, 0.15) is 0 Å². The van der Waals surface area contributed by atoms with Crippen molar-refractivity contribution < 1.29 is 35.1 Å². The van der Waals surface area contributed by atoms with E-state index < -0.39 is 43.1 Å². The van der Waals surface area contributed by atoms with Crippen LogP contribution in [0.1, 0.15) is 13.3 Å². The van der Waals surface area contributed by atoms with E-state index >= 15 is 0 Å². The average Bonchev–Trinajstić information content (AvgIpc) is 2.00. The largest absolute Gasteiger partial charge is 0.301 e. The van der Waals surface area contributed by atoms with Crippen molar-refractivity contribution in [3.63, 3.8) is 0 Å². The molecule has 0 heterocycles. The van der Waals surface area contributed by atoms with Crippen molar-refractivity contribution in [1.29, 1.82) is 0 Å². The van der Waals surface area contributed by atoms with Crippen LogP contribution in [0.15, 0.2) is 24.1 Å². The number of halogens is 8. The third kappa shape index (κ3) is 15.4. The number of allylic oxidation sites excluding steroid dienone is 2. The Hall–Kier alpha value is -1.08. The number of alkyl halides is 3. The summed E-state index contributed by atoms with van der Waals surface area (Å²) in [6.07, 6.45) is -5.99. The Labute approximate surface area is 86.2 Å². The lowest BCUT2D eigenvalue weighted by Crippen LogP contribution is -2.03. The number of hydrogen-bond acceptors (Lipinski definition) is 0. The SMILES string of the molecule is CC(F)(F)C=C(F)F.FCCC(F)=C(F)F. The fourth-order valence-electron chi connectivity index (χ4n) is 0.369. The number of hydrogen-bond donors (Lipinski definition) is 0. The summed E-state index contributed by atoms with van der Waals surface area (Å²) in [7, 11) is 0. The highest BCUT2D eigenvalue weighted by Crippen LogP contribution is 2.16. The molecule has 0 bridgehead atoms. The van der Waals surface area contributed by atoms with E-state index in [1.165, 1.54) is 0 Å². The first-order valence-electron chi connectivity index (χ1n) is 3.77. The molecule has 0 N–H and O–H groups in total. The van der Waals surface area contributed by atoms with Gasteiger partial charge in [0.25, 0.3) is 12.0 Å². The molecule has 16 heavy (non-hydrogen) atoms. The van der Waals surface area contributed by atoms with Gasteiger partial charge in [-0.2, -0.15) is 17.6 Å². The van der Waals surface area contributed by atoms with Gasteiger partial charge in [0, 0.05) is 19.4 Å². The van der Waals surface area contributed by atoms with E-state index in [1.54, 1.807) is 0 Å². The predicted octanol–water partition coefficient (Wildman–Crippen LogP) is 4.85. The molecule has 96 valence electrons. The summed E-state index contributed by atoms with van der Waals surface area (Å²) in [6, 6.07) is 0. The maximum atomic E-state index is 11.4. The predicted molar refractivity (Wildman–Crippen MR) is 41.9 cm³/mol. The summed E-state index contributed by atoms with van der Waals surface area (Å²) in [5.41, 5.74) is 0. The van der Waals surface area contributed by atoms with Crippen LogP contribution in [0.5, 0.6) is 0 Å². The molecule has 0 aliphatic carbocycles. The Balaban J connectivity index is 0. The zero-order valence-corrected chi connectivity index (χ0v) is 8.02. The Morgan fingerprint density at radius 2 is 1.50 bits per heavy atom. The van der Waals surface area contributed by atoms with Crippen LogP contribution in [0.25, 0.3) is 0 Å². The van der Waals surface area contributed by atoms with Gasteiger partial charge in [-0.1, -0.05) is 0 Å². The minimum Gasteiger partial charge on any atom is -0.251 e. The molecular formula is C8H8F8. The maximum absolute atomic E-state index is 11.4. The molecule has 0 aromatic rings. The molecule has 0 nitrogen and oxygen atoms in total. The van der Waals surface area contributed by atoms with Gasteiger partial charge >= 0.3 is 6.08 Å². The third-order valence-electron chi connectivity index (χ3n) is 0.882. The number of rotatable bonds is 3. The van der Waals surface area contributed by atoms with E-state index in [2.05, 4.69) is 0 Å². The fraction of sp³-hybridized carbons (Fsp3) is 0.500. The van der Waals surface area contributed by atoms with Gasteiger partial charge in [0.15, 0.2) is 5.83 Å². The molecule has 0 unspecified atom stereocenters. The van der Waals surface area contributed by atoms with E-state index in [1.807, 2.05) is 0 Å². The van der Waals surface area contributed by atoms with Crippen molar-refractivity contribution in [3.8, 4) is 0 Å². The van der Waals surface area contributed by atoms with E-state index in [-0.39, 0.29) is 0 Å². The van der Waals surface area contributed by atoms with Crippen LogP contribution < -0.4 is 0 Å². The summed E-state index contributed by atoms with van der Waals surface area (Å²) in [6.45, 7) is -0.685. The van der Waals surface area contributed by atoms with Gasteiger partial charge in [0.2, 0.25) is 0 Å². The van der Waals surface area contributed by atoms with Gasteiger partial charge in [-0.3, -0.25) is 4.39 Å². The molecule has 0 atom stereocenters. The minimum atomic E-state index is -3.39. The second kappa shape index (κ2) is 8.12. The van der Waals surface area contributed by atoms with Gasteiger partial charge < -0.3 is 0 Å². The van der Waals surface area contributed by atoms with Crippen molar-refractivity contribution in [2.75, 3.05) is 6.67 Å². The van der Waals surface area contributed by atoms with Crippen LogP contribution in [-0.2, 0) is 0 Å². The van der Waals surface area contributed by atoms with Crippen LogP contribution >= 0.6 is 0 Å². The average molecular weight is 256 g/mol. The monoisotopic (exact) mass is 256 g/mol. The normalized spacial score (nSPS) is 10.1.